The van der Waals surface area contributed by atoms with E-state index in [4.69, 9.17) is 4.74 Å². The highest BCUT2D eigenvalue weighted by molar-refractivity contribution is 5.47. The minimum Gasteiger partial charge on any atom is -0.478 e. The van der Waals surface area contributed by atoms with Crippen molar-refractivity contribution < 1.29 is 4.74 Å². The molecule has 0 radical (unpaired) electrons. The predicted molar refractivity (Wildman–Crippen MR) is 74.2 cm³/mol. The number of anilines is 1. The minimum absolute atomic E-state index is 0.594. The molecule has 0 saturated heterocycles. The first kappa shape index (κ1) is 13.3. The van der Waals surface area contributed by atoms with Crippen LogP contribution in [0.3, 0.4) is 0 Å². The summed E-state index contributed by atoms with van der Waals surface area (Å²) in [7, 11) is 0. The number of nitrogens with zero attached hydrogens (tertiary/aromatic N) is 3. The molecule has 5 heteroatoms. The molecule has 0 aliphatic rings. The normalized spacial score (nSPS) is 10.3. The first-order valence-corrected chi connectivity index (χ1v) is 6.31. The molecule has 0 unspecified atom stereocenters. The fourth-order valence-electron chi connectivity index (χ4n) is 1.77. The molecular weight excluding hydrogens is 240 g/mol. The standard InChI is InChI=1S/C14H18N4O/c1-4-19-14-11(3)13(17-9-18-14)16-8-12-10(2)6-5-7-15-12/h5-7,9H,4,8H2,1-3H3,(H,16,17,18). The topological polar surface area (TPSA) is 59.9 Å². The van der Waals surface area contributed by atoms with E-state index in [9.17, 15) is 0 Å². The van der Waals surface area contributed by atoms with Gasteiger partial charge in [-0.2, -0.15) is 0 Å². The summed E-state index contributed by atoms with van der Waals surface area (Å²) in [5.41, 5.74) is 3.09. The van der Waals surface area contributed by atoms with Crippen LogP contribution in [-0.2, 0) is 6.54 Å². The van der Waals surface area contributed by atoms with Crippen molar-refractivity contribution in [2.45, 2.75) is 27.3 Å². The molecule has 0 saturated carbocycles. The van der Waals surface area contributed by atoms with Gasteiger partial charge in [0, 0.05) is 6.20 Å². The maximum atomic E-state index is 5.45. The lowest BCUT2D eigenvalue weighted by Gasteiger charge is -2.11. The Balaban J connectivity index is 2.12. The van der Waals surface area contributed by atoms with Crippen molar-refractivity contribution in [3.63, 3.8) is 0 Å². The van der Waals surface area contributed by atoms with E-state index >= 15 is 0 Å². The van der Waals surface area contributed by atoms with Crippen LogP contribution in [0.4, 0.5) is 5.82 Å². The van der Waals surface area contributed by atoms with Gasteiger partial charge in [0.25, 0.3) is 0 Å². The summed E-state index contributed by atoms with van der Waals surface area (Å²) >= 11 is 0. The van der Waals surface area contributed by atoms with Crippen LogP contribution in [-0.4, -0.2) is 21.6 Å². The third-order valence-electron chi connectivity index (χ3n) is 2.86. The summed E-state index contributed by atoms with van der Waals surface area (Å²) in [6, 6.07) is 3.98. The average Bonchev–Trinajstić information content (AvgIpc) is 2.42. The molecule has 0 aliphatic carbocycles. The van der Waals surface area contributed by atoms with Gasteiger partial charge in [0.15, 0.2) is 0 Å². The van der Waals surface area contributed by atoms with E-state index in [0.29, 0.717) is 19.0 Å². The number of aryl methyl sites for hydroxylation is 1. The molecule has 2 heterocycles. The second kappa shape index (κ2) is 6.13. The van der Waals surface area contributed by atoms with Crippen LogP contribution in [0.25, 0.3) is 0 Å². The van der Waals surface area contributed by atoms with Crippen LogP contribution in [0, 0.1) is 13.8 Å². The maximum absolute atomic E-state index is 5.45. The van der Waals surface area contributed by atoms with Crippen LogP contribution < -0.4 is 10.1 Å². The Kier molecular flexibility index (Phi) is 4.28. The lowest BCUT2D eigenvalue weighted by molar-refractivity contribution is 0.324. The molecular formula is C14H18N4O. The summed E-state index contributed by atoms with van der Waals surface area (Å²) < 4.78 is 5.45. The van der Waals surface area contributed by atoms with Crippen LogP contribution in [0.2, 0.25) is 0 Å². The predicted octanol–water partition coefficient (Wildman–Crippen LogP) is 2.50. The van der Waals surface area contributed by atoms with E-state index in [0.717, 1.165) is 22.6 Å². The minimum atomic E-state index is 0.594. The third-order valence-corrected chi connectivity index (χ3v) is 2.86. The molecule has 0 aromatic carbocycles. The van der Waals surface area contributed by atoms with Gasteiger partial charge in [-0.3, -0.25) is 4.98 Å². The molecule has 2 aromatic heterocycles. The van der Waals surface area contributed by atoms with Crippen molar-refractivity contribution in [1.29, 1.82) is 0 Å². The zero-order valence-corrected chi connectivity index (χ0v) is 11.5. The smallest absolute Gasteiger partial charge is 0.221 e. The third kappa shape index (κ3) is 3.19. The highest BCUT2D eigenvalue weighted by Crippen LogP contribution is 2.20. The van der Waals surface area contributed by atoms with Crippen molar-refractivity contribution in [1.82, 2.24) is 15.0 Å². The first-order valence-electron chi connectivity index (χ1n) is 6.31. The summed E-state index contributed by atoms with van der Waals surface area (Å²) in [5, 5.41) is 3.28. The fourth-order valence-corrected chi connectivity index (χ4v) is 1.77. The van der Waals surface area contributed by atoms with Crippen LogP contribution in [0.1, 0.15) is 23.7 Å². The van der Waals surface area contributed by atoms with E-state index in [1.165, 1.54) is 6.33 Å². The molecule has 100 valence electrons. The lowest BCUT2D eigenvalue weighted by Crippen LogP contribution is -2.08. The van der Waals surface area contributed by atoms with Crippen molar-refractivity contribution >= 4 is 5.82 Å². The molecule has 0 spiro atoms. The molecule has 19 heavy (non-hydrogen) atoms. The van der Waals surface area contributed by atoms with E-state index in [-0.39, 0.29) is 0 Å². The summed E-state index contributed by atoms with van der Waals surface area (Å²) in [4.78, 5) is 12.7. The summed E-state index contributed by atoms with van der Waals surface area (Å²) in [6.45, 7) is 7.15. The fraction of sp³-hybridized carbons (Fsp3) is 0.357. The van der Waals surface area contributed by atoms with Gasteiger partial charge in [-0.1, -0.05) is 6.07 Å². The zero-order chi connectivity index (χ0) is 13.7. The quantitative estimate of drug-likeness (QED) is 0.892. The van der Waals surface area contributed by atoms with Gasteiger partial charge in [0.05, 0.1) is 24.4 Å². The molecule has 0 fully saturated rings. The molecule has 0 bridgehead atoms. The Labute approximate surface area is 113 Å². The SMILES string of the molecule is CCOc1ncnc(NCc2ncccc2C)c1C. The Morgan fingerprint density at radius 1 is 1.21 bits per heavy atom. The molecule has 2 aromatic rings. The second-order valence-electron chi connectivity index (χ2n) is 4.21. The van der Waals surface area contributed by atoms with Gasteiger partial charge in [0.1, 0.15) is 12.1 Å². The highest BCUT2D eigenvalue weighted by atomic mass is 16.5. The second-order valence-corrected chi connectivity index (χ2v) is 4.21. The molecule has 5 nitrogen and oxygen atoms in total. The van der Waals surface area contributed by atoms with E-state index in [1.54, 1.807) is 6.20 Å². The number of hydrogen-bond donors (Lipinski definition) is 1. The van der Waals surface area contributed by atoms with Crippen LogP contribution in [0.5, 0.6) is 5.88 Å². The number of pyridine rings is 1. The zero-order valence-electron chi connectivity index (χ0n) is 11.5. The number of hydrogen-bond acceptors (Lipinski definition) is 5. The molecule has 0 amide bonds. The summed E-state index contributed by atoms with van der Waals surface area (Å²) in [6.07, 6.45) is 3.30. The Morgan fingerprint density at radius 3 is 2.79 bits per heavy atom. The van der Waals surface area contributed by atoms with Crippen LogP contribution in [0.15, 0.2) is 24.7 Å². The van der Waals surface area contributed by atoms with Gasteiger partial charge in [-0.05, 0) is 32.4 Å². The maximum Gasteiger partial charge on any atom is 0.221 e. The van der Waals surface area contributed by atoms with Gasteiger partial charge in [0.2, 0.25) is 5.88 Å². The Hall–Kier alpha value is -2.17. The first-order chi connectivity index (χ1) is 9.22. The number of ether oxygens (including phenoxy) is 1. The average molecular weight is 258 g/mol. The van der Waals surface area contributed by atoms with E-state index in [1.807, 2.05) is 32.9 Å². The van der Waals surface area contributed by atoms with Crippen molar-refractivity contribution in [3.05, 3.63) is 41.5 Å². The molecule has 1 N–H and O–H groups in total. The van der Waals surface area contributed by atoms with Gasteiger partial charge in [-0.25, -0.2) is 9.97 Å². The number of rotatable bonds is 5. The molecule has 0 atom stereocenters. The highest BCUT2D eigenvalue weighted by Gasteiger charge is 2.08. The largest absolute Gasteiger partial charge is 0.478 e. The molecule has 0 aliphatic heterocycles. The van der Waals surface area contributed by atoms with E-state index < -0.39 is 0 Å². The monoisotopic (exact) mass is 258 g/mol. The van der Waals surface area contributed by atoms with Gasteiger partial charge < -0.3 is 10.1 Å². The number of aromatic nitrogens is 3. The number of nitrogens with one attached hydrogen (secondary N) is 1. The summed E-state index contributed by atoms with van der Waals surface area (Å²) in [5.74, 6) is 1.40. The van der Waals surface area contributed by atoms with Gasteiger partial charge in [-0.15, -0.1) is 0 Å². The van der Waals surface area contributed by atoms with E-state index in [2.05, 4.69) is 20.3 Å². The molecule has 2 rings (SSSR count). The van der Waals surface area contributed by atoms with Crippen molar-refractivity contribution in [3.8, 4) is 5.88 Å². The van der Waals surface area contributed by atoms with Crippen molar-refractivity contribution in [2.24, 2.45) is 0 Å². The van der Waals surface area contributed by atoms with Crippen molar-refractivity contribution in [2.75, 3.05) is 11.9 Å². The van der Waals surface area contributed by atoms with Gasteiger partial charge >= 0.3 is 0 Å². The Morgan fingerprint density at radius 2 is 2.05 bits per heavy atom. The lowest BCUT2D eigenvalue weighted by atomic mass is 10.2. The van der Waals surface area contributed by atoms with Crippen LogP contribution >= 0.6 is 0 Å². The Bertz CT molecular complexity index is 557.